The van der Waals surface area contributed by atoms with E-state index >= 15 is 0 Å². The zero-order valence-electron chi connectivity index (χ0n) is 12.7. The lowest BCUT2D eigenvalue weighted by molar-refractivity contribution is 0.0947. The Morgan fingerprint density at radius 3 is 2.85 bits per heavy atom. The number of hydrogen-bond acceptors (Lipinski definition) is 3. The molecule has 0 aliphatic carbocycles. The van der Waals surface area contributed by atoms with Gasteiger partial charge in [-0.05, 0) is 63.5 Å². The average molecular weight is 275 g/mol. The maximum Gasteiger partial charge on any atom is 0.251 e. The zero-order chi connectivity index (χ0) is 14.5. The summed E-state index contributed by atoms with van der Waals surface area (Å²) < 4.78 is 0. The highest BCUT2D eigenvalue weighted by Crippen LogP contribution is 2.17. The minimum Gasteiger partial charge on any atom is -0.385 e. The van der Waals surface area contributed by atoms with Crippen molar-refractivity contribution < 1.29 is 4.79 Å². The maximum absolute atomic E-state index is 12.2. The number of aryl methyl sites for hydroxylation is 1. The van der Waals surface area contributed by atoms with Gasteiger partial charge in [-0.1, -0.05) is 0 Å². The van der Waals surface area contributed by atoms with E-state index < -0.39 is 0 Å². The molecule has 1 aromatic rings. The van der Waals surface area contributed by atoms with E-state index in [2.05, 4.69) is 29.5 Å². The molecule has 0 radical (unpaired) electrons. The second-order valence-electron chi connectivity index (χ2n) is 5.69. The lowest BCUT2D eigenvalue weighted by atomic mass is 10.1. The van der Waals surface area contributed by atoms with E-state index in [1.165, 1.54) is 6.42 Å². The Bertz CT molecular complexity index is 473. The highest BCUT2D eigenvalue weighted by molar-refractivity contribution is 5.94. The van der Waals surface area contributed by atoms with Gasteiger partial charge in [-0.15, -0.1) is 0 Å². The first-order valence-electron chi connectivity index (χ1n) is 7.41. The van der Waals surface area contributed by atoms with Gasteiger partial charge in [0.1, 0.15) is 0 Å². The molecule has 1 saturated heterocycles. The van der Waals surface area contributed by atoms with E-state index in [-0.39, 0.29) is 5.91 Å². The van der Waals surface area contributed by atoms with Crippen molar-refractivity contribution in [3.8, 4) is 0 Å². The highest BCUT2D eigenvalue weighted by Gasteiger charge is 2.20. The van der Waals surface area contributed by atoms with Crippen molar-refractivity contribution >= 4 is 11.6 Å². The molecule has 20 heavy (non-hydrogen) atoms. The predicted octanol–water partition coefficient (Wildman–Crippen LogP) is 2.11. The smallest absolute Gasteiger partial charge is 0.251 e. The van der Waals surface area contributed by atoms with E-state index in [1.54, 1.807) is 0 Å². The van der Waals surface area contributed by atoms with Gasteiger partial charge in [0.2, 0.25) is 0 Å². The van der Waals surface area contributed by atoms with Crippen LogP contribution < -0.4 is 10.6 Å². The summed E-state index contributed by atoms with van der Waals surface area (Å²) in [4.78, 5) is 14.5. The van der Waals surface area contributed by atoms with E-state index in [1.807, 2.05) is 25.1 Å². The van der Waals surface area contributed by atoms with Gasteiger partial charge in [0.05, 0.1) is 0 Å². The lowest BCUT2D eigenvalue weighted by Crippen LogP contribution is -2.30. The summed E-state index contributed by atoms with van der Waals surface area (Å²) in [7, 11) is 2.13. The van der Waals surface area contributed by atoms with Gasteiger partial charge in [-0.25, -0.2) is 0 Å². The Hall–Kier alpha value is -1.55. The van der Waals surface area contributed by atoms with Gasteiger partial charge in [0, 0.05) is 30.9 Å². The molecular formula is C16H25N3O. The van der Waals surface area contributed by atoms with Crippen LogP contribution in [-0.2, 0) is 0 Å². The van der Waals surface area contributed by atoms with Gasteiger partial charge < -0.3 is 15.5 Å². The normalized spacial score (nSPS) is 19.1. The first-order chi connectivity index (χ1) is 9.60. The second-order valence-corrected chi connectivity index (χ2v) is 5.69. The Kier molecular flexibility index (Phi) is 5.01. The van der Waals surface area contributed by atoms with Crippen molar-refractivity contribution in [2.75, 3.05) is 38.5 Å². The van der Waals surface area contributed by atoms with Crippen molar-refractivity contribution in [1.29, 1.82) is 0 Å². The number of nitrogens with zero attached hydrogens (tertiary/aromatic N) is 1. The van der Waals surface area contributed by atoms with Crippen molar-refractivity contribution in [1.82, 2.24) is 10.2 Å². The van der Waals surface area contributed by atoms with Gasteiger partial charge in [0.25, 0.3) is 5.91 Å². The molecule has 4 heteroatoms. The number of nitrogens with one attached hydrogen (secondary N) is 2. The van der Waals surface area contributed by atoms with Crippen molar-refractivity contribution in [3.63, 3.8) is 0 Å². The molecule has 2 N–H and O–H groups in total. The number of rotatable bonds is 5. The molecule has 1 amide bonds. The first kappa shape index (κ1) is 14.9. The fourth-order valence-corrected chi connectivity index (χ4v) is 2.73. The van der Waals surface area contributed by atoms with Crippen molar-refractivity contribution in [2.24, 2.45) is 5.92 Å². The topological polar surface area (TPSA) is 44.4 Å². The molecule has 1 aromatic carbocycles. The summed E-state index contributed by atoms with van der Waals surface area (Å²) in [6, 6.07) is 5.83. The van der Waals surface area contributed by atoms with E-state index in [4.69, 9.17) is 0 Å². The Balaban J connectivity index is 1.90. The monoisotopic (exact) mass is 275 g/mol. The van der Waals surface area contributed by atoms with Crippen LogP contribution in [0.15, 0.2) is 18.2 Å². The number of likely N-dealkylation sites (tertiary alicyclic amines) is 1. The minimum atomic E-state index is 0.0331. The molecule has 0 saturated carbocycles. The summed E-state index contributed by atoms with van der Waals surface area (Å²) in [5, 5.41) is 6.34. The molecule has 2 rings (SSSR count). The molecule has 0 aromatic heterocycles. The molecular weight excluding hydrogens is 250 g/mol. The van der Waals surface area contributed by atoms with Crippen LogP contribution in [0.1, 0.15) is 29.3 Å². The summed E-state index contributed by atoms with van der Waals surface area (Å²) in [5.41, 5.74) is 2.96. The summed E-state index contributed by atoms with van der Waals surface area (Å²) in [5.74, 6) is 0.622. The highest BCUT2D eigenvalue weighted by atomic mass is 16.1. The van der Waals surface area contributed by atoms with Crippen molar-refractivity contribution in [2.45, 2.75) is 20.3 Å². The van der Waals surface area contributed by atoms with Crippen LogP contribution in [0.3, 0.4) is 0 Å². The third-order valence-electron chi connectivity index (χ3n) is 3.90. The van der Waals surface area contributed by atoms with E-state index in [0.29, 0.717) is 5.92 Å². The Labute approximate surface area is 121 Å². The standard InChI is InChI=1S/C16H25N3O/c1-4-17-15-6-5-14(9-12(15)2)16(20)18-10-13-7-8-19(3)11-13/h5-6,9,13,17H,4,7-8,10-11H2,1-3H3,(H,18,20). The van der Waals surface area contributed by atoms with Gasteiger partial charge in [0.15, 0.2) is 0 Å². The quantitative estimate of drug-likeness (QED) is 0.865. The Morgan fingerprint density at radius 2 is 2.25 bits per heavy atom. The molecule has 4 nitrogen and oxygen atoms in total. The zero-order valence-corrected chi connectivity index (χ0v) is 12.7. The van der Waals surface area contributed by atoms with Crippen LogP contribution in [0.25, 0.3) is 0 Å². The molecule has 0 spiro atoms. The van der Waals surface area contributed by atoms with Crippen LogP contribution in [0.5, 0.6) is 0 Å². The van der Waals surface area contributed by atoms with E-state index in [9.17, 15) is 4.79 Å². The molecule has 1 aliphatic rings. The van der Waals surface area contributed by atoms with Crippen LogP contribution in [0.2, 0.25) is 0 Å². The predicted molar refractivity (Wildman–Crippen MR) is 83.3 cm³/mol. The average Bonchev–Trinajstić information content (AvgIpc) is 2.84. The SMILES string of the molecule is CCNc1ccc(C(=O)NCC2CCN(C)C2)cc1C. The Morgan fingerprint density at radius 1 is 1.45 bits per heavy atom. The number of carbonyl (C=O) groups excluding carboxylic acids is 1. The molecule has 1 unspecified atom stereocenters. The molecule has 1 atom stereocenters. The van der Waals surface area contributed by atoms with Crippen LogP contribution in [0, 0.1) is 12.8 Å². The van der Waals surface area contributed by atoms with Gasteiger partial charge in [-0.3, -0.25) is 4.79 Å². The van der Waals surface area contributed by atoms with Crippen LogP contribution in [-0.4, -0.2) is 44.0 Å². The summed E-state index contributed by atoms with van der Waals surface area (Å²) in [6.45, 7) is 7.98. The van der Waals surface area contributed by atoms with Crippen molar-refractivity contribution in [3.05, 3.63) is 29.3 Å². The third kappa shape index (κ3) is 3.73. The molecule has 1 heterocycles. The van der Waals surface area contributed by atoms with Crippen LogP contribution >= 0.6 is 0 Å². The number of hydrogen-bond donors (Lipinski definition) is 2. The number of carbonyl (C=O) groups is 1. The number of amides is 1. The third-order valence-corrected chi connectivity index (χ3v) is 3.90. The summed E-state index contributed by atoms with van der Waals surface area (Å²) in [6.07, 6.45) is 1.18. The van der Waals surface area contributed by atoms with E-state index in [0.717, 1.165) is 43.0 Å². The summed E-state index contributed by atoms with van der Waals surface area (Å²) >= 11 is 0. The molecule has 0 bridgehead atoms. The minimum absolute atomic E-state index is 0.0331. The fraction of sp³-hybridized carbons (Fsp3) is 0.562. The second kappa shape index (κ2) is 6.75. The fourth-order valence-electron chi connectivity index (χ4n) is 2.73. The largest absolute Gasteiger partial charge is 0.385 e. The maximum atomic E-state index is 12.2. The molecule has 1 fully saturated rings. The van der Waals surface area contributed by atoms with Gasteiger partial charge >= 0.3 is 0 Å². The lowest BCUT2D eigenvalue weighted by Gasteiger charge is -2.13. The molecule has 1 aliphatic heterocycles. The molecule has 110 valence electrons. The first-order valence-corrected chi connectivity index (χ1v) is 7.41. The number of benzene rings is 1. The number of anilines is 1. The van der Waals surface area contributed by atoms with Crippen LogP contribution in [0.4, 0.5) is 5.69 Å². The van der Waals surface area contributed by atoms with Gasteiger partial charge in [-0.2, -0.15) is 0 Å².